The van der Waals surface area contributed by atoms with Crippen molar-refractivity contribution in [3.05, 3.63) is 73.8 Å². The number of benzene rings is 2. The number of fused-ring (bicyclic) bond motifs is 1. The van der Waals surface area contributed by atoms with Crippen LogP contribution in [-0.4, -0.2) is 39.3 Å². The molecule has 11 heteroatoms. The molecule has 0 radical (unpaired) electrons. The van der Waals surface area contributed by atoms with Crippen molar-refractivity contribution in [2.45, 2.75) is 12.8 Å². The molecule has 2 amide bonds. The number of non-ortho nitro benzene ring substituents is 1. The Hall–Kier alpha value is -4.15. The van der Waals surface area contributed by atoms with Gasteiger partial charge in [0.05, 0.1) is 27.0 Å². The maximum Gasteiger partial charge on any atom is 0.301 e. The van der Waals surface area contributed by atoms with Gasteiger partial charge in [0.15, 0.2) is 0 Å². The smallest absolute Gasteiger partial charge is 0.274 e. The van der Waals surface area contributed by atoms with Crippen LogP contribution in [0.2, 0.25) is 0 Å². The SMILES string of the molecule is O=C1c2ccccc2C(=O)N1CCC/C=N\Nc1ccc([N+](=O)[O-])cc1[N+](=O)[O-]. The van der Waals surface area contributed by atoms with Gasteiger partial charge in [-0.05, 0) is 31.0 Å². The number of nitro groups is 2. The van der Waals surface area contributed by atoms with E-state index in [0.29, 0.717) is 24.0 Å². The fourth-order valence-corrected chi connectivity index (χ4v) is 2.84. The molecule has 0 fully saturated rings. The zero-order chi connectivity index (χ0) is 21.0. The summed E-state index contributed by atoms with van der Waals surface area (Å²) >= 11 is 0. The summed E-state index contributed by atoms with van der Waals surface area (Å²) in [6, 6.07) is 9.79. The maximum atomic E-state index is 12.2. The first-order valence-electron chi connectivity index (χ1n) is 8.55. The Morgan fingerprint density at radius 1 is 1.00 bits per heavy atom. The van der Waals surface area contributed by atoms with Crippen LogP contribution in [0.3, 0.4) is 0 Å². The van der Waals surface area contributed by atoms with Gasteiger partial charge < -0.3 is 0 Å². The Labute approximate surface area is 163 Å². The summed E-state index contributed by atoms with van der Waals surface area (Å²) in [6.45, 7) is 0.218. The van der Waals surface area contributed by atoms with Crippen LogP contribution in [0, 0.1) is 20.2 Å². The molecule has 29 heavy (non-hydrogen) atoms. The van der Waals surface area contributed by atoms with Crippen LogP contribution >= 0.6 is 0 Å². The minimum absolute atomic E-state index is 0.0113. The number of carbonyl (C=O) groups is 2. The van der Waals surface area contributed by atoms with E-state index in [4.69, 9.17) is 0 Å². The second-order valence-electron chi connectivity index (χ2n) is 6.09. The second kappa shape index (κ2) is 8.25. The predicted molar refractivity (Wildman–Crippen MR) is 103 cm³/mol. The van der Waals surface area contributed by atoms with Crippen LogP contribution in [0.25, 0.3) is 0 Å². The lowest BCUT2D eigenvalue weighted by Crippen LogP contribution is -2.30. The van der Waals surface area contributed by atoms with Gasteiger partial charge in [-0.3, -0.25) is 40.1 Å². The molecule has 1 aliphatic heterocycles. The lowest BCUT2D eigenvalue weighted by molar-refractivity contribution is -0.393. The molecular formula is C18H15N5O6. The lowest BCUT2D eigenvalue weighted by atomic mass is 10.1. The van der Waals surface area contributed by atoms with Crippen molar-refractivity contribution in [3.63, 3.8) is 0 Å². The molecule has 0 saturated carbocycles. The first-order valence-corrected chi connectivity index (χ1v) is 8.55. The zero-order valence-corrected chi connectivity index (χ0v) is 15.0. The number of rotatable bonds is 8. The van der Waals surface area contributed by atoms with Gasteiger partial charge in [-0.1, -0.05) is 12.1 Å². The Morgan fingerprint density at radius 3 is 2.24 bits per heavy atom. The number of anilines is 1. The average Bonchev–Trinajstić information content (AvgIpc) is 2.95. The van der Waals surface area contributed by atoms with Crippen LogP contribution < -0.4 is 5.43 Å². The molecule has 148 valence electrons. The molecule has 1 N–H and O–H groups in total. The van der Waals surface area contributed by atoms with Crippen molar-refractivity contribution < 1.29 is 19.4 Å². The Morgan fingerprint density at radius 2 is 1.66 bits per heavy atom. The van der Waals surface area contributed by atoms with Crippen LogP contribution in [0.15, 0.2) is 47.6 Å². The van der Waals surface area contributed by atoms with Crippen molar-refractivity contribution in [3.8, 4) is 0 Å². The number of nitro benzene ring substituents is 2. The van der Waals surface area contributed by atoms with Crippen LogP contribution in [0.1, 0.15) is 33.6 Å². The van der Waals surface area contributed by atoms with E-state index in [1.54, 1.807) is 24.3 Å². The third kappa shape index (κ3) is 4.08. The number of carbonyl (C=O) groups excluding carboxylic acids is 2. The third-order valence-corrected chi connectivity index (χ3v) is 4.26. The van der Waals surface area contributed by atoms with E-state index in [0.717, 1.165) is 12.1 Å². The summed E-state index contributed by atoms with van der Waals surface area (Å²) in [5, 5.41) is 25.6. The topological polar surface area (TPSA) is 148 Å². The van der Waals surface area contributed by atoms with Crippen molar-refractivity contribution in [2.75, 3.05) is 12.0 Å². The number of hydrazone groups is 1. The van der Waals surface area contributed by atoms with Crippen molar-refractivity contribution in [2.24, 2.45) is 5.10 Å². The van der Waals surface area contributed by atoms with E-state index in [-0.39, 0.29) is 24.0 Å². The number of imide groups is 1. The molecule has 0 atom stereocenters. The standard InChI is InChI=1S/C18H15N5O6/c24-17-13-5-1-2-6-14(13)18(25)21(17)10-4-3-9-19-20-15-8-7-12(22(26)27)11-16(15)23(28)29/h1-2,5-9,11,20H,3-4,10H2/b19-9-. The summed E-state index contributed by atoms with van der Waals surface area (Å²) in [5.74, 6) is -0.663. The summed E-state index contributed by atoms with van der Waals surface area (Å²) in [4.78, 5) is 46.0. The Bertz CT molecular complexity index is 1000. The molecule has 3 rings (SSSR count). The van der Waals surface area contributed by atoms with Gasteiger partial charge in [-0.2, -0.15) is 5.10 Å². The van der Waals surface area contributed by atoms with E-state index in [1.807, 2.05) is 0 Å². The van der Waals surface area contributed by atoms with E-state index in [9.17, 15) is 29.8 Å². The highest BCUT2D eigenvalue weighted by Gasteiger charge is 2.34. The molecule has 11 nitrogen and oxygen atoms in total. The first-order chi connectivity index (χ1) is 13.9. The number of nitrogens with zero attached hydrogens (tertiary/aromatic N) is 4. The fraction of sp³-hybridized carbons (Fsp3) is 0.167. The van der Waals surface area contributed by atoms with E-state index < -0.39 is 21.2 Å². The molecule has 0 bridgehead atoms. The van der Waals surface area contributed by atoms with E-state index in [2.05, 4.69) is 10.5 Å². The molecule has 2 aromatic rings. The van der Waals surface area contributed by atoms with Gasteiger partial charge in [0.2, 0.25) is 0 Å². The van der Waals surface area contributed by atoms with Crippen molar-refractivity contribution in [1.82, 2.24) is 4.90 Å². The quantitative estimate of drug-likeness (QED) is 0.237. The van der Waals surface area contributed by atoms with E-state index in [1.165, 1.54) is 17.2 Å². The van der Waals surface area contributed by atoms with Crippen molar-refractivity contribution in [1.29, 1.82) is 0 Å². The third-order valence-electron chi connectivity index (χ3n) is 4.26. The number of hydrogen-bond acceptors (Lipinski definition) is 8. The molecule has 0 saturated heterocycles. The van der Waals surface area contributed by atoms with E-state index >= 15 is 0 Å². The summed E-state index contributed by atoms with van der Waals surface area (Å²) < 4.78 is 0. The fourth-order valence-electron chi connectivity index (χ4n) is 2.84. The second-order valence-corrected chi connectivity index (χ2v) is 6.09. The van der Waals surface area contributed by atoms with Gasteiger partial charge in [-0.15, -0.1) is 0 Å². The molecule has 0 unspecified atom stereocenters. The van der Waals surface area contributed by atoms with Gasteiger partial charge >= 0.3 is 5.69 Å². The predicted octanol–water partition coefficient (Wildman–Crippen LogP) is 2.98. The van der Waals surface area contributed by atoms with Crippen molar-refractivity contribution >= 4 is 35.1 Å². The number of hydrogen-bond donors (Lipinski definition) is 1. The number of unbranched alkanes of at least 4 members (excludes halogenated alkanes) is 1. The van der Waals surface area contributed by atoms with Crippen LogP contribution in [0.5, 0.6) is 0 Å². The zero-order valence-electron chi connectivity index (χ0n) is 15.0. The molecule has 2 aromatic carbocycles. The number of amides is 2. The molecular weight excluding hydrogens is 382 g/mol. The highest BCUT2D eigenvalue weighted by atomic mass is 16.6. The van der Waals surface area contributed by atoms with Gasteiger partial charge in [-0.25, -0.2) is 0 Å². The molecule has 0 spiro atoms. The van der Waals surface area contributed by atoms with Crippen LogP contribution in [0.4, 0.5) is 17.1 Å². The summed E-state index contributed by atoms with van der Waals surface area (Å²) in [5.41, 5.74) is 2.40. The highest BCUT2D eigenvalue weighted by Crippen LogP contribution is 2.28. The van der Waals surface area contributed by atoms with Gasteiger partial charge in [0.25, 0.3) is 17.5 Å². The average molecular weight is 397 g/mol. The molecule has 1 aliphatic rings. The summed E-state index contributed by atoms with van der Waals surface area (Å²) in [6.07, 6.45) is 2.31. The molecule has 1 heterocycles. The monoisotopic (exact) mass is 397 g/mol. The minimum atomic E-state index is -0.743. The number of nitrogens with one attached hydrogen (secondary N) is 1. The maximum absolute atomic E-state index is 12.2. The van der Waals surface area contributed by atoms with Gasteiger partial charge in [0.1, 0.15) is 5.69 Å². The van der Waals surface area contributed by atoms with Crippen LogP contribution in [-0.2, 0) is 0 Å². The largest absolute Gasteiger partial charge is 0.301 e. The Kier molecular flexibility index (Phi) is 5.58. The van der Waals surface area contributed by atoms with Gasteiger partial charge in [0, 0.05) is 18.8 Å². The highest BCUT2D eigenvalue weighted by molar-refractivity contribution is 6.21. The minimum Gasteiger partial charge on any atom is -0.274 e. The first kappa shape index (κ1) is 19.6. The summed E-state index contributed by atoms with van der Waals surface area (Å²) in [7, 11) is 0. The normalized spacial score (nSPS) is 13.0. The molecule has 0 aliphatic carbocycles. The lowest BCUT2D eigenvalue weighted by Gasteiger charge is -2.12. The Balaban J connectivity index is 1.53. The molecule has 0 aromatic heterocycles.